The first-order valence-electron chi connectivity index (χ1n) is 9.43. The number of amides is 2. The smallest absolute Gasteiger partial charge is 0.278 e. The number of hydrogen-bond acceptors (Lipinski definition) is 4. The maximum atomic E-state index is 13.2. The molecule has 3 rings (SSSR count). The van der Waals surface area contributed by atoms with E-state index in [2.05, 4.69) is 5.32 Å². The topological polar surface area (TPSA) is 58.6 Å². The molecule has 0 unspecified atom stereocenters. The standard InChI is InChI=1S/C23H26N2O3/c1-15-10-11-18(14-17(15)3)20-21(24-19-9-6-5-8-16(19)2)23(27)25(22(20)26)12-7-13-28-4/h5-6,8-11,14,24H,7,12-13H2,1-4H3. The van der Waals surface area contributed by atoms with Crippen LogP contribution < -0.4 is 5.32 Å². The van der Waals surface area contributed by atoms with Crippen molar-refractivity contribution in [2.45, 2.75) is 27.2 Å². The molecule has 2 aromatic rings. The van der Waals surface area contributed by atoms with E-state index in [9.17, 15) is 9.59 Å². The minimum Gasteiger partial charge on any atom is -0.385 e. The van der Waals surface area contributed by atoms with E-state index in [4.69, 9.17) is 4.74 Å². The summed E-state index contributed by atoms with van der Waals surface area (Å²) in [6.07, 6.45) is 0.603. The van der Waals surface area contributed by atoms with Crippen LogP contribution in [0.5, 0.6) is 0 Å². The van der Waals surface area contributed by atoms with Gasteiger partial charge in [-0.1, -0.05) is 36.4 Å². The lowest BCUT2D eigenvalue weighted by Gasteiger charge is -2.15. The summed E-state index contributed by atoms with van der Waals surface area (Å²) in [5.41, 5.74) is 5.57. The number of imide groups is 1. The molecule has 5 heteroatoms. The first kappa shape index (κ1) is 19.8. The summed E-state index contributed by atoms with van der Waals surface area (Å²) < 4.78 is 5.07. The predicted octanol–water partition coefficient (Wildman–Crippen LogP) is 3.84. The van der Waals surface area contributed by atoms with Crippen LogP contribution in [-0.4, -0.2) is 37.0 Å². The van der Waals surface area contributed by atoms with E-state index < -0.39 is 0 Å². The lowest BCUT2D eigenvalue weighted by molar-refractivity contribution is -0.136. The van der Waals surface area contributed by atoms with Gasteiger partial charge in [0.1, 0.15) is 5.70 Å². The van der Waals surface area contributed by atoms with Crippen molar-refractivity contribution in [1.82, 2.24) is 4.90 Å². The van der Waals surface area contributed by atoms with Crippen molar-refractivity contribution in [1.29, 1.82) is 0 Å². The molecule has 1 N–H and O–H groups in total. The van der Waals surface area contributed by atoms with Gasteiger partial charge >= 0.3 is 0 Å². The van der Waals surface area contributed by atoms with Crippen molar-refractivity contribution in [3.63, 3.8) is 0 Å². The molecule has 5 nitrogen and oxygen atoms in total. The number of benzene rings is 2. The molecule has 0 spiro atoms. The number of para-hydroxylation sites is 1. The SMILES string of the molecule is COCCCN1C(=O)C(Nc2ccccc2C)=C(c2ccc(C)c(C)c2)C1=O. The lowest BCUT2D eigenvalue weighted by atomic mass is 9.99. The molecule has 0 bridgehead atoms. The van der Waals surface area contributed by atoms with Crippen LogP contribution in [0.15, 0.2) is 48.2 Å². The van der Waals surface area contributed by atoms with Gasteiger partial charge in [0.25, 0.3) is 11.8 Å². The zero-order valence-corrected chi connectivity index (χ0v) is 16.8. The third-order valence-electron chi connectivity index (χ3n) is 5.10. The monoisotopic (exact) mass is 378 g/mol. The number of hydrogen-bond donors (Lipinski definition) is 1. The van der Waals surface area contributed by atoms with Crippen molar-refractivity contribution in [2.75, 3.05) is 25.6 Å². The van der Waals surface area contributed by atoms with Crippen LogP contribution in [0.4, 0.5) is 5.69 Å². The van der Waals surface area contributed by atoms with Gasteiger partial charge in [-0.25, -0.2) is 0 Å². The molecular weight excluding hydrogens is 352 g/mol. The summed E-state index contributed by atoms with van der Waals surface area (Å²) >= 11 is 0. The number of ether oxygens (including phenoxy) is 1. The number of methoxy groups -OCH3 is 1. The molecule has 0 fully saturated rings. The Kier molecular flexibility index (Phi) is 5.95. The van der Waals surface area contributed by atoms with Crippen molar-refractivity contribution in [2.24, 2.45) is 0 Å². The molecule has 146 valence electrons. The van der Waals surface area contributed by atoms with Gasteiger partial charge < -0.3 is 10.1 Å². The molecule has 0 aromatic heterocycles. The van der Waals surface area contributed by atoms with Gasteiger partial charge in [-0.15, -0.1) is 0 Å². The molecule has 1 heterocycles. The fourth-order valence-electron chi connectivity index (χ4n) is 3.27. The molecule has 28 heavy (non-hydrogen) atoms. The highest BCUT2D eigenvalue weighted by molar-refractivity contribution is 6.36. The Morgan fingerprint density at radius 1 is 0.929 bits per heavy atom. The second kappa shape index (κ2) is 8.40. The van der Waals surface area contributed by atoms with Gasteiger partial charge in [-0.2, -0.15) is 0 Å². The highest BCUT2D eigenvalue weighted by atomic mass is 16.5. The van der Waals surface area contributed by atoms with Crippen molar-refractivity contribution >= 4 is 23.1 Å². The molecule has 0 saturated carbocycles. The Morgan fingerprint density at radius 3 is 2.36 bits per heavy atom. The third kappa shape index (κ3) is 3.85. The number of rotatable bonds is 7. The largest absolute Gasteiger partial charge is 0.385 e. The van der Waals surface area contributed by atoms with Gasteiger partial charge in [0.05, 0.1) is 5.57 Å². The molecule has 2 amide bonds. The average Bonchev–Trinajstić information content (AvgIpc) is 2.90. The molecule has 1 aliphatic heterocycles. The zero-order valence-electron chi connectivity index (χ0n) is 16.8. The minimum atomic E-state index is -0.294. The molecule has 2 aromatic carbocycles. The molecule has 0 aliphatic carbocycles. The highest BCUT2D eigenvalue weighted by Gasteiger charge is 2.39. The van der Waals surface area contributed by atoms with E-state index >= 15 is 0 Å². The fourth-order valence-corrected chi connectivity index (χ4v) is 3.27. The second-order valence-electron chi connectivity index (χ2n) is 7.10. The van der Waals surface area contributed by atoms with E-state index in [1.807, 2.05) is 63.2 Å². The first-order valence-corrected chi connectivity index (χ1v) is 9.43. The Morgan fingerprint density at radius 2 is 1.68 bits per heavy atom. The zero-order chi connectivity index (χ0) is 20.3. The van der Waals surface area contributed by atoms with Crippen molar-refractivity contribution in [3.05, 3.63) is 70.4 Å². The van der Waals surface area contributed by atoms with Crippen LogP contribution in [0.25, 0.3) is 5.57 Å². The predicted molar refractivity (Wildman–Crippen MR) is 111 cm³/mol. The maximum absolute atomic E-state index is 13.2. The molecule has 0 radical (unpaired) electrons. The van der Waals surface area contributed by atoms with Crippen LogP contribution in [0.1, 0.15) is 28.7 Å². The van der Waals surface area contributed by atoms with Gasteiger partial charge in [0, 0.05) is 25.9 Å². The third-order valence-corrected chi connectivity index (χ3v) is 5.10. The maximum Gasteiger partial charge on any atom is 0.278 e. The summed E-state index contributed by atoms with van der Waals surface area (Å²) in [4.78, 5) is 27.6. The van der Waals surface area contributed by atoms with E-state index in [1.54, 1.807) is 7.11 Å². The van der Waals surface area contributed by atoms with Gasteiger partial charge in [0.15, 0.2) is 0 Å². The quantitative estimate of drug-likeness (QED) is 0.587. The number of nitrogens with one attached hydrogen (secondary N) is 1. The Labute approximate surface area is 166 Å². The Bertz CT molecular complexity index is 947. The minimum absolute atomic E-state index is 0.263. The van der Waals surface area contributed by atoms with Crippen LogP contribution in [0.3, 0.4) is 0 Å². The fraction of sp³-hybridized carbons (Fsp3) is 0.304. The van der Waals surface area contributed by atoms with Gasteiger partial charge in [-0.05, 0) is 55.5 Å². The molecule has 0 saturated heterocycles. The summed E-state index contributed by atoms with van der Waals surface area (Å²) in [6.45, 7) is 6.83. The van der Waals surface area contributed by atoms with Crippen LogP contribution in [-0.2, 0) is 14.3 Å². The van der Waals surface area contributed by atoms with Crippen LogP contribution >= 0.6 is 0 Å². The van der Waals surface area contributed by atoms with Crippen molar-refractivity contribution < 1.29 is 14.3 Å². The average molecular weight is 378 g/mol. The van der Waals surface area contributed by atoms with Crippen LogP contribution in [0, 0.1) is 20.8 Å². The van der Waals surface area contributed by atoms with Gasteiger partial charge in [0.2, 0.25) is 0 Å². The van der Waals surface area contributed by atoms with Gasteiger partial charge in [-0.3, -0.25) is 14.5 Å². The summed E-state index contributed by atoms with van der Waals surface area (Å²) in [5.74, 6) is -0.557. The number of aryl methyl sites for hydroxylation is 3. The lowest BCUT2D eigenvalue weighted by Crippen LogP contribution is -2.34. The van der Waals surface area contributed by atoms with Crippen molar-refractivity contribution in [3.8, 4) is 0 Å². The number of nitrogens with zero attached hydrogens (tertiary/aromatic N) is 1. The number of anilines is 1. The normalized spacial score (nSPS) is 14.2. The summed E-state index contributed by atoms with van der Waals surface area (Å²) in [7, 11) is 1.61. The molecule has 1 aliphatic rings. The summed E-state index contributed by atoms with van der Waals surface area (Å²) in [6, 6.07) is 13.6. The molecule has 0 atom stereocenters. The van der Waals surface area contributed by atoms with Crippen LogP contribution in [0.2, 0.25) is 0 Å². The van der Waals surface area contributed by atoms with E-state index in [0.29, 0.717) is 30.8 Å². The van der Waals surface area contributed by atoms with E-state index in [1.165, 1.54) is 4.90 Å². The van der Waals surface area contributed by atoms with E-state index in [0.717, 1.165) is 27.9 Å². The second-order valence-corrected chi connectivity index (χ2v) is 7.10. The Hall–Kier alpha value is -2.92. The first-order chi connectivity index (χ1) is 13.4. The molecular formula is C23H26N2O3. The van der Waals surface area contributed by atoms with E-state index in [-0.39, 0.29) is 11.8 Å². The highest BCUT2D eigenvalue weighted by Crippen LogP contribution is 2.32. The Balaban J connectivity index is 2.04. The summed E-state index contributed by atoms with van der Waals surface area (Å²) in [5, 5.41) is 3.23. The number of carbonyl (C=O) groups is 2. The number of carbonyl (C=O) groups excluding carboxylic acids is 2.